The number of nitrogens with one attached hydrogen (secondary N) is 1. The molecular weight excluding hydrogens is 310 g/mol. The lowest BCUT2D eigenvalue weighted by Crippen LogP contribution is -2.48. The number of piperazine rings is 1. The van der Waals surface area contributed by atoms with Crippen molar-refractivity contribution in [2.24, 2.45) is 0 Å². The van der Waals surface area contributed by atoms with Gasteiger partial charge < -0.3 is 15.3 Å². The van der Waals surface area contributed by atoms with Crippen molar-refractivity contribution in [3.8, 4) is 5.75 Å². The van der Waals surface area contributed by atoms with Crippen LogP contribution in [0.2, 0.25) is 5.02 Å². The van der Waals surface area contributed by atoms with Crippen molar-refractivity contribution in [2.75, 3.05) is 45.8 Å². The first kappa shape index (κ1) is 17.0. The molecule has 1 atom stereocenters. The predicted molar refractivity (Wildman–Crippen MR) is 95.2 cm³/mol. The molecule has 2 aliphatic rings. The smallest absolute Gasteiger partial charge is 0.134 e. The molecule has 2 fully saturated rings. The molecule has 0 radical (unpaired) electrons. The van der Waals surface area contributed by atoms with E-state index in [1.807, 2.05) is 12.1 Å². The Hall–Kier alpha value is -0.810. The third-order valence-electron chi connectivity index (χ3n) is 5.08. The van der Waals surface area contributed by atoms with Crippen LogP contribution in [0.4, 0.5) is 0 Å². The van der Waals surface area contributed by atoms with Crippen LogP contribution < -0.4 is 5.32 Å². The van der Waals surface area contributed by atoms with Crippen LogP contribution in [0.25, 0.3) is 0 Å². The second-order valence-electron chi connectivity index (χ2n) is 6.73. The molecule has 4 nitrogen and oxygen atoms in total. The molecule has 1 unspecified atom stereocenters. The number of likely N-dealkylation sites (tertiary alicyclic amines) is 1. The van der Waals surface area contributed by atoms with Crippen LogP contribution in [0.3, 0.4) is 0 Å². The van der Waals surface area contributed by atoms with Gasteiger partial charge in [-0.15, -0.1) is 0 Å². The third-order valence-corrected chi connectivity index (χ3v) is 5.38. The highest BCUT2D eigenvalue weighted by Gasteiger charge is 2.25. The predicted octanol–water partition coefficient (Wildman–Crippen LogP) is 2.87. The molecule has 2 saturated heterocycles. The Kier molecular flexibility index (Phi) is 6.17. The van der Waals surface area contributed by atoms with E-state index in [4.69, 9.17) is 11.6 Å². The maximum Gasteiger partial charge on any atom is 0.134 e. The molecule has 2 N–H and O–H groups in total. The fourth-order valence-electron chi connectivity index (χ4n) is 3.72. The Labute approximate surface area is 144 Å². The fraction of sp³-hybridized carbons (Fsp3) is 0.667. The normalized spacial score (nSPS) is 22.7. The molecule has 128 valence electrons. The van der Waals surface area contributed by atoms with Crippen molar-refractivity contribution in [3.05, 3.63) is 28.8 Å². The minimum Gasteiger partial charge on any atom is -0.506 e. The van der Waals surface area contributed by atoms with Gasteiger partial charge >= 0.3 is 0 Å². The Morgan fingerprint density at radius 1 is 1.04 bits per heavy atom. The van der Waals surface area contributed by atoms with Crippen molar-refractivity contribution in [1.82, 2.24) is 15.1 Å². The van der Waals surface area contributed by atoms with E-state index >= 15 is 0 Å². The van der Waals surface area contributed by atoms with Crippen LogP contribution in [0, 0.1) is 0 Å². The first-order valence-electron chi connectivity index (χ1n) is 8.89. The molecule has 0 amide bonds. The van der Waals surface area contributed by atoms with E-state index in [9.17, 15) is 5.11 Å². The lowest BCUT2D eigenvalue weighted by atomic mass is 10.0. The van der Waals surface area contributed by atoms with E-state index in [0.29, 0.717) is 11.1 Å². The van der Waals surface area contributed by atoms with Crippen LogP contribution in [0.1, 0.15) is 37.3 Å². The summed E-state index contributed by atoms with van der Waals surface area (Å²) in [4.78, 5) is 5.17. The topological polar surface area (TPSA) is 38.7 Å². The number of hydrogen-bond donors (Lipinski definition) is 2. The monoisotopic (exact) mass is 337 g/mol. The van der Waals surface area contributed by atoms with Crippen molar-refractivity contribution in [1.29, 1.82) is 0 Å². The number of phenols is 1. The molecule has 23 heavy (non-hydrogen) atoms. The number of halogens is 1. The first-order valence-corrected chi connectivity index (χ1v) is 9.27. The highest BCUT2D eigenvalue weighted by Crippen LogP contribution is 2.30. The van der Waals surface area contributed by atoms with Gasteiger partial charge in [0.15, 0.2) is 0 Å². The molecule has 2 aliphatic heterocycles. The molecule has 0 spiro atoms. The molecule has 1 aromatic rings. The molecule has 0 aliphatic carbocycles. The molecule has 2 heterocycles. The van der Waals surface area contributed by atoms with E-state index in [1.165, 1.54) is 44.3 Å². The lowest BCUT2D eigenvalue weighted by molar-refractivity contribution is 0.126. The summed E-state index contributed by atoms with van der Waals surface area (Å²) in [6.07, 6.45) is 5.34. The number of benzene rings is 1. The molecule has 0 saturated carbocycles. The van der Waals surface area contributed by atoms with Gasteiger partial charge in [-0.3, -0.25) is 4.90 Å². The summed E-state index contributed by atoms with van der Waals surface area (Å²) in [5, 5.41) is 13.6. The van der Waals surface area contributed by atoms with Gasteiger partial charge in [0.25, 0.3) is 0 Å². The molecule has 3 rings (SSSR count). The molecule has 0 bridgehead atoms. The Morgan fingerprint density at radius 3 is 2.39 bits per heavy atom. The standard InChI is InChI=1S/C18H28ClN3O/c19-16-13-15(5-6-18(16)23)17(22-11-7-20-8-12-22)14-21-9-3-1-2-4-10-21/h5-6,13,17,20,23H,1-4,7-12,14H2. The first-order chi connectivity index (χ1) is 11.2. The van der Waals surface area contributed by atoms with Gasteiger partial charge in [-0.25, -0.2) is 0 Å². The maximum atomic E-state index is 9.73. The average molecular weight is 338 g/mol. The minimum absolute atomic E-state index is 0.171. The summed E-state index contributed by atoms with van der Waals surface area (Å²) < 4.78 is 0. The molecule has 1 aromatic carbocycles. The van der Waals surface area contributed by atoms with Crippen LogP contribution in [0.5, 0.6) is 5.75 Å². The Balaban J connectivity index is 1.78. The van der Waals surface area contributed by atoms with Gasteiger partial charge in [-0.05, 0) is 43.6 Å². The van der Waals surface area contributed by atoms with Crippen LogP contribution in [0.15, 0.2) is 18.2 Å². The van der Waals surface area contributed by atoms with Gasteiger partial charge in [-0.2, -0.15) is 0 Å². The van der Waals surface area contributed by atoms with Crippen molar-refractivity contribution >= 4 is 11.6 Å². The second kappa shape index (κ2) is 8.34. The van der Waals surface area contributed by atoms with Gasteiger partial charge in [0.1, 0.15) is 5.75 Å². The molecule has 5 heteroatoms. The van der Waals surface area contributed by atoms with Gasteiger partial charge in [0, 0.05) is 38.8 Å². The fourth-order valence-corrected chi connectivity index (χ4v) is 3.91. The zero-order valence-corrected chi connectivity index (χ0v) is 14.6. The second-order valence-corrected chi connectivity index (χ2v) is 7.13. The number of rotatable bonds is 4. The van der Waals surface area contributed by atoms with E-state index in [2.05, 4.69) is 15.1 Å². The Morgan fingerprint density at radius 2 is 1.74 bits per heavy atom. The van der Waals surface area contributed by atoms with E-state index in [1.54, 1.807) is 6.07 Å². The highest BCUT2D eigenvalue weighted by atomic mass is 35.5. The average Bonchev–Trinajstić information content (AvgIpc) is 2.85. The molecular formula is C18H28ClN3O. The SMILES string of the molecule is Oc1ccc(C(CN2CCCCCC2)N2CCNCC2)cc1Cl. The summed E-state index contributed by atoms with van der Waals surface area (Å²) in [5.41, 5.74) is 1.22. The van der Waals surface area contributed by atoms with E-state index < -0.39 is 0 Å². The summed E-state index contributed by atoms with van der Waals surface area (Å²) in [7, 11) is 0. The summed E-state index contributed by atoms with van der Waals surface area (Å²) >= 11 is 6.17. The van der Waals surface area contributed by atoms with Crippen LogP contribution in [-0.4, -0.2) is 60.7 Å². The minimum atomic E-state index is 0.171. The summed E-state index contributed by atoms with van der Waals surface area (Å²) in [6, 6.07) is 6.07. The number of nitrogens with zero attached hydrogens (tertiary/aromatic N) is 2. The van der Waals surface area contributed by atoms with Crippen molar-refractivity contribution < 1.29 is 5.11 Å². The maximum absolute atomic E-state index is 9.73. The number of hydrogen-bond acceptors (Lipinski definition) is 4. The van der Waals surface area contributed by atoms with Gasteiger partial charge in [0.05, 0.1) is 5.02 Å². The van der Waals surface area contributed by atoms with Crippen molar-refractivity contribution in [2.45, 2.75) is 31.7 Å². The zero-order valence-electron chi connectivity index (χ0n) is 13.8. The molecule has 0 aromatic heterocycles. The van der Waals surface area contributed by atoms with E-state index in [0.717, 1.165) is 32.7 Å². The van der Waals surface area contributed by atoms with Gasteiger partial charge in [0.2, 0.25) is 0 Å². The highest BCUT2D eigenvalue weighted by molar-refractivity contribution is 6.32. The van der Waals surface area contributed by atoms with Gasteiger partial charge in [-0.1, -0.05) is 30.5 Å². The number of phenolic OH excluding ortho intramolecular Hbond substituents is 1. The van der Waals surface area contributed by atoms with Crippen LogP contribution in [-0.2, 0) is 0 Å². The lowest BCUT2D eigenvalue weighted by Gasteiger charge is -2.38. The quantitative estimate of drug-likeness (QED) is 0.886. The number of aromatic hydroxyl groups is 1. The van der Waals surface area contributed by atoms with E-state index in [-0.39, 0.29) is 5.75 Å². The summed E-state index contributed by atoms with van der Waals surface area (Å²) in [6.45, 7) is 7.68. The largest absolute Gasteiger partial charge is 0.506 e. The zero-order chi connectivity index (χ0) is 16.1. The Bertz CT molecular complexity index is 497. The summed E-state index contributed by atoms with van der Waals surface area (Å²) in [5.74, 6) is 0.171. The van der Waals surface area contributed by atoms with Crippen LogP contribution >= 0.6 is 11.6 Å². The van der Waals surface area contributed by atoms with Crippen molar-refractivity contribution in [3.63, 3.8) is 0 Å². The third kappa shape index (κ3) is 4.60.